The van der Waals surface area contributed by atoms with Gasteiger partial charge in [-0.3, -0.25) is 4.40 Å². The zero-order valence-corrected chi connectivity index (χ0v) is 13.7. The molecule has 4 rings (SSSR count). The van der Waals surface area contributed by atoms with E-state index in [2.05, 4.69) is 14.9 Å². The van der Waals surface area contributed by atoms with Crippen molar-refractivity contribution in [3.05, 3.63) is 72.9 Å². The van der Waals surface area contributed by atoms with E-state index in [0.717, 1.165) is 5.56 Å². The maximum atomic E-state index is 12.3. The van der Waals surface area contributed by atoms with Gasteiger partial charge >= 0.3 is 12.4 Å². The maximum absolute atomic E-state index is 12.3. The minimum absolute atomic E-state index is 0.273. The fourth-order valence-electron chi connectivity index (χ4n) is 2.55. The third-order valence-electron chi connectivity index (χ3n) is 3.74. The Morgan fingerprint density at radius 2 is 1.44 bits per heavy atom. The fourth-order valence-corrected chi connectivity index (χ4v) is 2.55. The average molecular weight is 371 g/mol. The Bertz CT molecular complexity index is 1060. The number of hydrogen-bond acceptors (Lipinski definition) is 4. The van der Waals surface area contributed by atoms with Crippen LogP contribution in [0.25, 0.3) is 16.8 Å². The summed E-state index contributed by atoms with van der Waals surface area (Å²) in [5, 5.41) is 8.07. The number of aromatic nitrogens is 3. The number of fused-ring (bicyclic) bond motifs is 1. The Hall–Kier alpha value is -3.55. The molecular formula is C19H12F3N3O2. The van der Waals surface area contributed by atoms with E-state index < -0.39 is 6.36 Å². The van der Waals surface area contributed by atoms with E-state index in [9.17, 15) is 13.2 Å². The molecule has 0 spiro atoms. The van der Waals surface area contributed by atoms with E-state index >= 15 is 0 Å². The number of alkyl halides is 3. The molecule has 0 saturated carbocycles. The van der Waals surface area contributed by atoms with Crippen LogP contribution >= 0.6 is 0 Å². The first-order valence-corrected chi connectivity index (χ1v) is 7.92. The summed E-state index contributed by atoms with van der Waals surface area (Å²) in [7, 11) is 0. The second kappa shape index (κ2) is 6.64. The summed E-state index contributed by atoms with van der Waals surface area (Å²) >= 11 is 0. The lowest BCUT2D eigenvalue weighted by Crippen LogP contribution is -2.16. The first kappa shape index (κ1) is 16.9. The van der Waals surface area contributed by atoms with Crippen LogP contribution in [0.1, 0.15) is 0 Å². The molecule has 2 aromatic heterocycles. The Labute approximate surface area is 151 Å². The number of para-hydroxylation sites is 1. The molecule has 0 radical (unpaired) electrons. The largest absolute Gasteiger partial charge is 0.573 e. The Balaban J connectivity index is 1.64. The van der Waals surface area contributed by atoms with Gasteiger partial charge in [-0.1, -0.05) is 35.4 Å². The van der Waals surface area contributed by atoms with E-state index in [0.29, 0.717) is 17.0 Å². The Kier molecular flexibility index (Phi) is 4.15. The second-order valence-corrected chi connectivity index (χ2v) is 5.62. The van der Waals surface area contributed by atoms with Crippen LogP contribution in [0, 0.1) is 0 Å². The molecule has 0 N–H and O–H groups in total. The summed E-state index contributed by atoms with van der Waals surface area (Å²) in [5.74, 6) is 0.343. The highest BCUT2D eigenvalue weighted by atomic mass is 19.4. The maximum Gasteiger partial charge on any atom is 0.573 e. The van der Waals surface area contributed by atoms with Crippen LogP contribution in [0.2, 0.25) is 0 Å². The predicted molar refractivity (Wildman–Crippen MR) is 91.6 cm³/mol. The summed E-state index contributed by atoms with van der Waals surface area (Å²) in [5.41, 5.74) is 2.06. The van der Waals surface area contributed by atoms with E-state index in [-0.39, 0.29) is 11.8 Å². The van der Waals surface area contributed by atoms with Crippen molar-refractivity contribution in [1.82, 2.24) is 14.6 Å². The van der Waals surface area contributed by atoms with Crippen LogP contribution in [0.3, 0.4) is 0 Å². The van der Waals surface area contributed by atoms with Crippen LogP contribution in [-0.2, 0) is 0 Å². The van der Waals surface area contributed by atoms with Crippen LogP contribution in [0.4, 0.5) is 13.2 Å². The minimum atomic E-state index is -4.72. The van der Waals surface area contributed by atoms with Gasteiger partial charge in [0.25, 0.3) is 0 Å². The molecule has 27 heavy (non-hydrogen) atoms. The number of rotatable bonds is 4. The van der Waals surface area contributed by atoms with Gasteiger partial charge in [0.15, 0.2) is 5.65 Å². The second-order valence-electron chi connectivity index (χ2n) is 5.62. The van der Waals surface area contributed by atoms with Crippen molar-refractivity contribution in [1.29, 1.82) is 0 Å². The molecule has 0 unspecified atom stereocenters. The van der Waals surface area contributed by atoms with E-state index in [4.69, 9.17) is 4.74 Å². The minimum Gasteiger partial charge on any atom is -0.424 e. The van der Waals surface area contributed by atoms with E-state index in [1.165, 1.54) is 12.1 Å². The van der Waals surface area contributed by atoms with Gasteiger partial charge in [-0.25, -0.2) is 0 Å². The molecule has 4 aromatic rings. The van der Waals surface area contributed by atoms with Crippen LogP contribution < -0.4 is 9.47 Å². The average Bonchev–Trinajstić information content (AvgIpc) is 3.04. The molecule has 2 heterocycles. The van der Waals surface area contributed by atoms with Crippen molar-refractivity contribution in [2.24, 2.45) is 0 Å². The van der Waals surface area contributed by atoms with E-state index in [1.54, 1.807) is 47.0 Å². The standard InChI is InChI=1S/C19H12F3N3O2/c20-19(21,22)27-16-9-6-13(7-10-16)14-8-11-17-23-24-18(25(17)12-14)26-15-4-2-1-3-5-15/h1-12H. The van der Waals surface area contributed by atoms with E-state index in [1.807, 2.05) is 18.2 Å². The first-order valence-electron chi connectivity index (χ1n) is 7.92. The first-order chi connectivity index (χ1) is 13.0. The van der Waals surface area contributed by atoms with Crippen molar-refractivity contribution in [2.45, 2.75) is 6.36 Å². The monoisotopic (exact) mass is 371 g/mol. The molecular weight excluding hydrogens is 359 g/mol. The quantitative estimate of drug-likeness (QED) is 0.502. The molecule has 0 aliphatic rings. The van der Waals surface area contributed by atoms with Crippen molar-refractivity contribution in [3.63, 3.8) is 0 Å². The molecule has 5 nitrogen and oxygen atoms in total. The Morgan fingerprint density at radius 1 is 0.741 bits per heavy atom. The lowest BCUT2D eigenvalue weighted by Gasteiger charge is -2.09. The highest BCUT2D eigenvalue weighted by Crippen LogP contribution is 2.28. The molecule has 0 fully saturated rings. The zero-order valence-electron chi connectivity index (χ0n) is 13.7. The summed E-state index contributed by atoms with van der Waals surface area (Å²) in [4.78, 5) is 0. The van der Waals surface area contributed by atoms with Gasteiger partial charge in [0.1, 0.15) is 11.5 Å². The molecule has 0 bridgehead atoms. The Morgan fingerprint density at radius 3 is 2.15 bits per heavy atom. The van der Waals surface area contributed by atoms with Crippen molar-refractivity contribution >= 4 is 5.65 Å². The molecule has 2 aromatic carbocycles. The third kappa shape index (κ3) is 3.84. The van der Waals surface area contributed by atoms with Crippen LogP contribution in [0.5, 0.6) is 17.5 Å². The predicted octanol–water partition coefficient (Wildman–Crippen LogP) is 5.09. The normalized spacial score (nSPS) is 11.5. The lowest BCUT2D eigenvalue weighted by molar-refractivity contribution is -0.274. The molecule has 0 amide bonds. The number of hydrogen-bond donors (Lipinski definition) is 0. The lowest BCUT2D eigenvalue weighted by atomic mass is 10.1. The SMILES string of the molecule is FC(F)(F)Oc1ccc(-c2ccc3nnc(Oc4ccccc4)n3c2)cc1. The summed E-state index contributed by atoms with van der Waals surface area (Å²) in [6.45, 7) is 0. The van der Waals surface area contributed by atoms with Crippen LogP contribution in [0.15, 0.2) is 72.9 Å². The van der Waals surface area contributed by atoms with Gasteiger partial charge in [0, 0.05) is 6.20 Å². The van der Waals surface area contributed by atoms with Gasteiger partial charge in [-0.15, -0.1) is 18.3 Å². The smallest absolute Gasteiger partial charge is 0.424 e. The molecule has 0 saturated heterocycles. The summed E-state index contributed by atoms with van der Waals surface area (Å²) < 4.78 is 48.1. The molecule has 8 heteroatoms. The van der Waals surface area contributed by atoms with Gasteiger partial charge in [-0.2, -0.15) is 0 Å². The molecule has 0 aliphatic heterocycles. The third-order valence-corrected chi connectivity index (χ3v) is 3.74. The highest BCUT2D eigenvalue weighted by Gasteiger charge is 2.30. The zero-order chi connectivity index (χ0) is 18.9. The van der Waals surface area contributed by atoms with Gasteiger partial charge in [0.2, 0.25) is 0 Å². The number of nitrogens with zero attached hydrogens (tertiary/aromatic N) is 3. The molecule has 0 aliphatic carbocycles. The molecule has 136 valence electrons. The number of ether oxygens (including phenoxy) is 2. The number of benzene rings is 2. The van der Waals surface area contributed by atoms with Crippen molar-refractivity contribution in [3.8, 4) is 28.6 Å². The van der Waals surface area contributed by atoms with Gasteiger partial charge < -0.3 is 9.47 Å². The molecule has 0 atom stereocenters. The van der Waals surface area contributed by atoms with Gasteiger partial charge in [-0.05, 0) is 47.5 Å². The van der Waals surface area contributed by atoms with Crippen LogP contribution in [-0.4, -0.2) is 21.0 Å². The number of halogens is 3. The highest BCUT2D eigenvalue weighted by molar-refractivity contribution is 5.65. The number of pyridine rings is 1. The summed E-state index contributed by atoms with van der Waals surface area (Å²) in [6, 6.07) is 18.6. The van der Waals surface area contributed by atoms with Crippen molar-refractivity contribution in [2.75, 3.05) is 0 Å². The van der Waals surface area contributed by atoms with Crippen molar-refractivity contribution < 1.29 is 22.6 Å². The fraction of sp³-hybridized carbons (Fsp3) is 0.0526. The summed E-state index contributed by atoms with van der Waals surface area (Å²) in [6.07, 6.45) is -2.96. The van der Waals surface area contributed by atoms with Gasteiger partial charge in [0.05, 0.1) is 0 Å². The topological polar surface area (TPSA) is 48.7 Å².